The maximum Gasteiger partial charge on any atom is 0.224 e. The van der Waals surface area contributed by atoms with E-state index in [0.29, 0.717) is 6.42 Å². The summed E-state index contributed by atoms with van der Waals surface area (Å²) in [6.45, 7) is 9.10. The quantitative estimate of drug-likeness (QED) is 0.915. The maximum atomic E-state index is 12.0. The van der Waals surface area contributed by atoms with Gasteiger partial charge >= 0.3 is 0 Å². The maximum absolute atomic E-state index is 12.0. The smallest absolute Gasteiger partial charge is 0.224 e. The van der Waals surface area contributed by atoms with Crippen molar-refractivity contribution >= 4 is 33.2 Å². The van der Waals surface area contributed by atoms with Crippen molar-refractivity contribution in [1.29, 1.82) is 0 Å². The molecule has 19 heavy (non-hydrogen) atoms. The second-order valence-corrected chi connectivity index (χ2v) is 8.41. The third-order valence-electron chi connectivity index (χ3n) is 3.29. The van der Waals surface area contributed by atoms with E-state index in [1.54, 1.807) is 11.3 Å². The van der Waals surface area contributed by atoms with Gasteiger partial charge in [0.15, 0.2) is 0 Å². The van der Waals surface area contributed by atoms with Gasteiger partial charge < -0.3 is 10.2 Å². The Morgan fingerprint density at radius 2 is 2.26 bits per heavy atom. The Morgan fingerprint density at radius 3 is 2.74 bits per heavy atom. The summed E-state index contributed by atoms with van der Waals surface area (Å²) in [5.41, 5.74) is -0.0963. The summed E-state index contributed by atoms with van der Waals surface area (Å²) >= 11 is 5.06. The van der Waals surface area contributed by atoms with E-state index in [1.165, 1.54) is 0 Å². The summed E-state index contributed by atoms with van der Waals surface area (Å²) in [6.07, 6.45) is 2.40. The number of thiazole rings is 1. The van der Waals surface area contributed by atoms with Crippen LogP contribution in [-0.4, -0.2) is 33.9 Å². The molecule has 4 nitrogen and oxygen atoms in total. The molecule has 1 fully saturated rings. The summed E-state index contributed by atoms with van der Waals surface area (Å²) in [7, 11) is 0. The fourth-order valence-corrected chi connectivity index (χ4v) is 3.61. The number of aromatic nitrogens is 1. The standard InChI is InChI=1S/C13H20BrN3OS/c1-8(12-15-6-10(14)19-12)16-9-5-11(18)17(7-9)13(2,3)4/h6,8-9,16H,5,7H2,1-4H3/t8-,9-/m0/s1. The van der Waals surface area contributed by atoms with Crippen LogP contribution >= 0.6 is 27.3 Å². The first-order chi connectivity index (χ1) is 8.77. The van der Waals surface area contributed by atoms with Crippen molar-refractivity contribution in [3.8, 4) is 0 Å². The van der Waals surface area contributed by atoms with Crippen molar-refractivity contribution in [2.75, 3.05) is 6.54 Å². The zero-order chi connectivity index (χ0) is 14.2. The molecule has 6 heteroatoms. The molecule has 0 bridgehead atoms. The lowest BCUT2D eigenvalue weighted by molar-refractivity contribution is -0.131. The van der Waals surface area contributed by atoms with Gasteiger partial charge in [-0.2, -0.15) is 0 Å². The van der Waals surface area contributed by atoms with Gasteiger partial charge in [0, 0.05) is 24.5 Å². The molecule has 0 unspecified atom stereocenters. The van der Waals surface area contributed by atoms with Crippen LogP contribution in [0.3, 0.4) is 0 Å². The largest absolute Gasteiger partial charge is 0.336 e. The molecule has 0 aromatic carbocycles. The third kappa shape index (κ3) is 3.55. The molecule has 0 spiro atoms. The van der Waals surface area contributed by atoms with E-state index in [2.05, 4.69) is 53.9 Å². The van der Waals surface area contributed by atoms with Crippen molar-refractivity contribution < 1.29 is 4.79 Å². The predicted octanol–water partition coefficient (Wildman–Crippen LogP) is 2.96. The Hall–Kier alpha value is -0.460. The van der Waals surface area contributed by atoms with Crippen molar-refractivity contribution in [2.45, 2.75) is 51.7 Å². The zero-order valence-corrected chi connectivity index (χ0v) is 14.1. The van der Waals surface area contributed by atoms with Gasteiger partial charge in [0.05, 0.1) is 16.0 Å². The summed E-state index contributed by atoms with van der Waals surface area (Å²) < 4.78 is 1.04. The van der Waals surface area contributed by atoms with Crippen LogP contribution in [0.5, 0.6) is 0 Å². The Balaban J connectivity index is 1.96. The summed E-state index contributed by atoms with van der Waals surface area (Å²) in [5, 5.41) is 4.56. The molecular weight excluding hydrogens is 326 g/mol. The number of carbonyl (C=O) groups is 1. The van der Waals surface area contributed by atoms with Crippen LogP contribution in [0.2, 0.25) is 0 Å². The molecule has 1 amide bonds. The minimum Gasteiger partial charge on any atom is -0.336 e. The highest BCUT2D eigenvalue weighted by Gasteiger charge is 2.36. The molecule has 2 atom stereocenters. The highest BCUT2D eigenvalue weighted by atomic mass is 79.9. The average Bonchev–Trinajstić information content (AvgIpc) is 2.84. The van der Waals surface area contributed by atoms with Crippen LogP contribution in [0.4, 0.5) is 0 Å². The van der Waals surface area contributed by atoms with E-state index in [4.69, 9.17) is 0 Å². The molecule has 1 N–H and O–H groups in total. The monoisotopic (exact) mass is 345 g/mol. The van der Waals surface area contributed by atoms with Gasteiger partial charge in [-0.05, 0) is 43.6 Å². The molecule has 1 aromatic rings. The Labute approximate surface area is 126 Å². The first kappa shape index (κ1) is 14.9. The normalized spacial score (nSPS) is 22.1. The SMILES string of the molecule is C[C@H](N[C@H]1CC(=O)N(C(C)(C)C)C1)c1ncc(Br)s1. The summed E-state index contributed by atoms with van der Waals surface area (Å²) in [5.74, 6) is 0.234. The fraction of sp³-hybridized carbons (Fsp3) is 0.692. The molecule has 0 aliphatic carbocycles. The number of nitrogens with one attached hydrogen (secondary N) is 1. The molecule has 2 rings (SSSR count). The molecule has 1 aliphatic rings. The van der Waals surface area contributed by atoms with E-state index < -0.39 is 0 Å². The van der Waals surface area contributed by atoms with E-state index >= 15 is 0 Å². The van der Waals surface area contributed by atoms with Gasteiger partial charge in [-0.1, -0.05) is 0 Å². The summed E-state index contributed by atoms with van der Waals surface area (Å²) in [6, 6.07) is 0.387. The molecule has 106 valence electrons. The number of nitrogens with zero attached hydrogens (tertiary/aromatic N) is 2. The van der Waals surface area contributed by atoms with Gasteiger partial charge in [-0.25, -0.2) is 4.98 Å². The van der Waals surface area contributed by atoms with Gasteiger partial charge in [-0.3, -0.25) is 4.79 Å². The molecular formula is C13H20BrN3OS. The number of amides is 1. The number of carbonyl (C=O) groups excluding carboxylic acids is 1. The number of halogens is 1. The molecule has 1 saturated heterocycles. The molecule has 0 radical (unpaired) electrons. The fourth-order valence-electron chi connectivity index (χ4n) is 2.36. The Bertz CT molecular complexity index is 469. The molecule has 1 aliphatic heterocycles. The van der Waals surface area contributed by atoms with Crippen molar-refractivity contribution in [3.05, 3.63) is 15.0 Å². The van der Waals surface area contributed by atoms with Crippen LogP contribution in [0.1, 0.15) is 45.2 Å². The Morgan fingerprint density at radius 1 is 1.58 bits per heavy atom. The second kappa shape index (κ2) is 5.50. The highest BCUT2D eigenvalue weighted by molar-refractivity contribution is 9.11. The Kier molecular flexibility index (Phi) is 4.32. The van der Waals surface area contributed by atoms with E-state index in [-0.39, 0.29) is 23.5 Å². The lowest BCUT2D eigenvalue weighted by Crippen LogP contribution is -2.44. The van der Waals surface area contributed by atoms with E-state index in [1.807, 2.05) is 11.1 Å². The van der Waals surface area contributed by atoms with Crippen LogP contribution in [0, 0.1) is 0 Å². The number of hydrogen-bond donors (Lipinski definition) is 1. The van der Waals surface area contributed by atoms with E-state index in [0.717, 1.165) is 15.3 Å². The molecule has 0 saturated carbocycles. The molecule has 2 heterocycles. The van der Waals surface area contributed by atoms with Gasteiger partial charge in [-0.15, -0.1) is 11.3 Å². The minimum atomic E-state index is -0.0963. The van der Waals surface area contributed by atoms with E-state index in [9.17, 15) is 4.79 Å². The van der Waals surface area contributed by atoms with Gasteiger partial charge in [0.25, 0.3) is 0 Å². The lowest BCUT2D eigenvalue weighted by Gasteiger charge is -2.32. The van der Waals surface area contributed by atoms with Crippen molar-refractivity contribution in [2.24, 2.45) is 0 Å². The average molecular weight is 346 g/mol. The highest BCUT2D eigenvalue weighted by Crippen LogP contribution is 2.27. The van der Waals surface area contributed by atoms with Crippen LogP contribution in [0.15, 0.2) is 9.98 Å². The number of rotatable bonds is 3. The number of likely N-dealkylation sites (tertiary alicyclic amines) is 1. The first-order valence-corrected chi connectivity index (χ1v) is 8.06. The third-order valence-corrected chi connectivity index (χ3v) is 4.95. The predicted molar refractivity (Wildman–Crippen MR) is 81.2 cm³/mol. The van der Waals surface area contributed by atoms with Gasteiger partial charge in [0.1, 0.15) is 5.01 Å². The molecule has 1 aromatic heterocycles. The van der Waals surface area contributed by atoms with Crippen LogP contribution < -0.4 is 5.32 Å². The van der Waals surface area contributed by atoms with Crippen molar-refractivity contribution in [3.63, 3.8) is 0 Å². The van der Waals surface area contributed by atoms with Crippen LogP contribution in [0.25, 0.3) is 0 Å². The number of hydrogen-bond acceptors (Lipinski definition) is 4. The van der Waals surface area contributed by atoms with Gasteiger partial charge in [0.2, 0.25) is 5.91 Å². The zero-order valence-electron chi connectivity index (χ0n) is 11.7. The van der Waals surface area contributed by atoms with Crippen molar-refractivity contribution in [1.82, 2.24) is 15.2 Å². The second-order valence-electron chi connectivity index (χ2n) is 5.97. The lowest BCUT2D eigenvalue weighted by atomic mass is 10.1. The minimum absolute atomic E-state index is 0.0963. The summed E-state index contributed by atoms with van der Waals surface area (Å²) in [4.78, 5) is 18.3. The topological polar surface area (TPSA) is 45.2 Å². The van der Waals surface area contributed by atoms with Crippen LogP contribution in [-0.2, 0) is 4.79 Å². The first-order valence-electron chi connectivity index (χ1n) is 6.45.